The Kier molecular flexibility index (Phi) is 10.7. The van der Waals surface area contributed by atoms with Gasteiger partial charge in [-0.05, 0) is 80.2 Å². The van der Waals surface area contributed by atoms with Gasteiger partial charge in [-0.25, -0.2) is 4.98 Å². The summed E-state index contributed by atoms with van der Waals surface area (Å²) < 4.78 is 1.54. The van der Waals surface area contributed by atoms with Crippen LogP contribution in [0.15, 0.2) is 77.7 Å². The average Bonchev–Trinajstić information content (AvgIpc) is 3.00. The fourth-order valence-electron chi connectivity index (χ4n) is 5.10. The number of unbranched alkanes of at least 4 members (excludes halogenated alkanes) is 1. The molecule has 3 aromatic carbocycles. The smallest absolute Gasteiger partial charge is 0.293 e. The third kappa shape index (κ3) is 7.53. The van der Waals surface area contributed by atoms with Crippen LogP contribution in [-0.4, -0.2) is 40.0 Å². The van der Waals surface area contributed by atoms with Crippen LogP contribution in [-0.2, 0) is 19.9 Å². The molecule has 1 amide bonds. The molecule has 4 rings (SSSR count). The highest BCUT2D eigenvalue weighted by Crippen LogP contribution is 2.28. The van der Waals surface area contributed by atoms with Crippen LogP contribution >= 0.6 is 0 Å². The summed E-state index contributed by atoms with van der Waals surface area (Å²) in [6, 6.07) is 21.7. The predicted octanol–water partition coefficient (Wildman–Crippen LogP) is 6.98. The summed E-state index contributed by atoms with van der Waals surface area (Å²) in [6.45, 7) is 11.6. The van der Waals surface area contributed by atoms with E-state index in [4.69, 9.17) is 4.98 Å². The normalized spacial score (nSPS) is 11.1. The van der Waals surface area contributed by atoms with E-state index in [0.717, 1.165) is 67.7 Å². The largest absolute Gasteiger partial charge is 0.336 e. The first-order chi connectivity index (χ1) is 20.3. The standard InChI is InChI=1S/C35H43N5O2/c1-6-9-13-27-14-10-11-15-30(27)34(41)38-31-17-12-16-29(25(31)4)32-24-39(5)35(42)33(37-32)36-28-20-18-26(19-21-28)22-23-40(7-2)8-3/h10-12,14-21,24H,6-9,13,22-23H2,1-5H3,(H,36,37)(H,38,41). The van der Waals surface area contributed by atoms with Crippen molar-refractivity contribution in [3.05, 3.63) is 106 Å². The van der Waals surface area contributed by atoms with Crippen molar-refractivity contribution >= 4 is 23.1 Å². The fourth-order valence-corrected chi connectivity index (χ4v) is 5.10. The third-order valence-electron chi connectivity index (χ3n) is 7.82. The zero-order valence-corrected chi connectivity index (χ0v) is 25.5. The number of carbonyl (C=O) groups is 1. The summed E-state index contributed by atoms with van der Waals surface area (Å²) in [4.78, 5) is 33.4. The quantitative estimate of drug-likeness (QED) is 0.183. The van der Waals surface area contributed by atoms with E-state index in [-0.39, 0.29) is 17.3 Å². The van der Waals surface area contributed by atoms with Crippen molar-refractivity contribution in [3.63, 3.8) is 0 Å². The first kappa shape index (κ1) is 30.7. The van der Waals surface area contributed by atoms with E-state index in [0.29, 0.717) is 16.9 Å². The maximum Gasteiger partial charge on any atom is 0.293 e. The number of nitrogens with zero attached hydrogens (tertiary/aromatic N) is 3. The Labute approximate surface area is 249 Å². The molecule has 0 aliphatic carbocycles. The Balaban J connectivity index is 1.55. The summed E-state index contributed by atoms with van der Waals surface area (Å²) in [5.41, 5.74) is 6.69. The molecule has 2 N–H and O–H groups in total. The molecule has 0 bridgehead atoms. The number of nitrogens with one attached hydrogen (secondary N) is 2. The Hall–Kier alpha value is -4.23. The summed E-state index contributed by atoms with van der Waals surface area (Å²) in [6.07, 6.45) is 5.69. The van der Waals surface area contributed by atoms with E-state index >= 15 is 0 Å². The Bertz CT molecular complexity index is 1550. The van der Waals surface area contributed by atoms with Crippen LogP contribution in [0.4, 0.5) is 17.2 Å². The molecule has 0 radical (unpaired) electrons. The van der Waals surface area contributed by atoms with Crippen molar-refractivity contribution < 1.29 is 4.79 Å². The van der Waals surface area contributed by atoms with Crippen molar-refractivity contribution in [2.24, 2.45) is 7.05 Å². The number of anilines is 3. The molecule has 0 saturated carbocycles. The number of aryl methyl sites for hydroxylation is 2. The minimum absolute atomic E-state index is 0.127. The second kappa shape index (κ2) is 14.6. The topological polar surface area (TPSA) is 79.3 Å². The second-order valence-electron chi connectivity index (χ2n) is 10.7. The molecule has 0 fully saturated rings. The van der Waals surface area contributed by atoms with E-state index in [9.17, 15) is 9.59 Å². The zero-order chi connectivity index (χ0) is 30.1. The Morgan fingerprint density at radius 3 is 2.38 bits per heavy atom. The van der Waals surface area contributed by atoms with Gasteiger partial charge in [0.15, 0.2) is 5.82 Å². The number of hydrogen-bond donors (Lipinski definition) is 2. The van der Waals surface area contributed by atoms with E-state index in [1.165, 1.54) is 10.1 Å². The number of benzene rings is 3. The molecule has 0 aliphatic heterocycles. The van der Waals surface area contributed by atoms with Crippen LogP contribution in [0.25, 0.3) is 11.3 Å². The van der Waals surface area contributed by atoms with Gasteiger partial charge in [0.1, 0.15) is 0 Å². The number of amides is 1. The van der Waals surface area contributed by atoms with Gasteiger partial charge in [0, 0.05) is 42.3 Å². The van der Waals surface area contributed by atoms with Gasteiger partial charge in [-0.1, -0.05) is 69.7 Å². The highest BCUT2D eigenvalue weighted by molar-refractivity contribution is 6.06. The van der Waals surface area contributed by atoms with Gasteiger partial charge in [-0.3, -0.25) is 9.59 Å². The molecule has 0 atom stereocenters. The number of likely N-dealkylation sites (N-methyl/N-ethyl adjacent to an activating group) is 1. The van der Waals surface area contributed by atoms with Gasteiger partial charge < -0.3 is 20.1 Å². The minimum atomic E-state index is -0.213. The van der Waals surface area contributed by atoms with Crippen molar-refractivity contribution in [3.8, 4) is 11.3 Å². The van der Waals surface area contributed by atoms with Crippen molar-refractivity contribution in [1.82, 2.24) is 14.5 Å². The second-order valence-corrected chi connectivity index (χ2v) is 10.7. The fraction of sp³-hybridized carbons (Fsp3) is 0.343. The minimum Gasteiger partial charge on any atom is -0.336 e. The van der Waals surface area contributed by atoms with E-state index in [1.807, 2.05) is 61.5 Å². The maximum atomic E-state index is 13.3. The lowest BCUT2D eigenvalue weighted by Crippen LogP contribution is -2.25. The van der Waals surface area contributed by atoms with Crippen LogP contribution in [0, 0.1) is 6.92 Å². The molecular weight excluding hydrogens is 522 g/mol. The number of rotatable bonds is 13. The molecule has 220 valence electrons. The lowest BCUT2D eigenvalue weighted by molar-refractivity contribution is 0.102. The third-order valence-corrected chi connectivity index (χ3v) is 7.82. The van der Waals surface area contributed by atoms with Crippen LogP contribution in [0.3, 0.4) is 0 Å². The van der Waals surface area contributed by atoms with Crippen LogP contribution in [0.1, 0.15) is 60.7 Å². The van der Waals surface area contributed by atoms with Crippen molar-refractivity contribution in [2.75, 3.05) is 30.3 Å². The van der Waals surface area contributed by atoms with E-state index < -0.39 is 0 Å². The number of aromatic nitrogens is 2. The molecule has 4 aromatic rings. The van der Waals surface area contributed by atoms with Crippen LogP contribution in [0.2, 0.25) is 0 Å². The summed E-state index contributed by atoms with van der Waals surface area (Å²) in [7, 11) is 1.73. The molecule has 42 heavy (non-hydrogen) atoms. The molecule has 1 heterocycles. The molecule has 0 spiro atoms. The van der Waals surface area contributed by atoms with Crippen molar-refractivity contribution in [1.29, 1.82) is 0 Å². The van der Waals surface area contributed by atoms with Gasteiger partial charge >= 0.3 is 0 Å². The van der Waals surface area contributed by atoms with Gasteiger partial charge in [0.2, 0.25) is 0 Å². The number of hydrogen-bond acceptors (Lipinski definition) is 5. The lowest BCUT2D eigenvalue weighted by Gasteiger charge is -2.17. The first-order valence-corrected chi connectivity index (χ1v) is 15.0. The first-order valence-electron chi connectivity index (χ1n) is 15.0. The van der Waals surface area contributed by atoms with Gasteiger partial charge in [-0.2, -0.15) is 0 Å². The highest BCUT2D eigenvalue weighted by atomic mass is 16.1. The Morgan fingerprint density at radius 2 is 1.67 bits per heavy atom. The van der Waals surface area contributed by atoms with Crippen molar-refractivity contribution in [2.45, 2.75) is 53.4 Å². The zero-order valence-electron chi connectivity index (χ0n) is 25.5. The molecular formula is C35H43N5O2. The molecule has 1 aromatic heterocycles. The van der Waals surface area contributed by atoms with Gasteiger partial charge in [-0.15, -0.1) is 0 Å². The summed E-state index contributed by atoms with van der Waals surface area (Å²) in [5, 5.41) is 6.33. The molecule has 0 aliphatic rings. The summed E-state index contributed by atoms with van der Waals surface area (Å²) >= 11 is 0. The average molecular weight is 566 g/mol. The molecule has 0 saturated heterocycles. The van der Waals surface area contributed by atoms with Crippen LogP contribution in [0.5, 0.6) is 0 Å². The molecule has 7 nitrogen and oxygen atoms in total. The number of carbonyl (C=O) groups excluding carboxylic acids is 1. The molecule has 0 unspecified atom stereocenters. The Morgan fingerprint density at radius 1 is 0.929 bits per heavy atom. The molecule has 7 heteroatoms. The van der Waals surface area contributed by atoms with Gasteiger partial charge in [0.25, 0.3) is 11.5 Å². The summed E-state index contributed by atoms with van der Waals surface area (Å²) in [5.74, 6) is 0.128. The highest BCUT2D eigenvalue weighted by Gasteiger charge is 2.16. The van der Waals surface area contributed by atoms with E-state index in [1.54, 1.807) is 13.2 Å². The van der Waals surface area contributed by atoms with Gasteiger partial charge in [0.05, 0.1) is 5.69 Å². The monoisotopic (exact) mass is 565 g/mol. The maximum absolute atomic E-state index is 13.3. The SMILES string of the molecule is CCCCc1ccccc1C(=O)Nc1cccc(-c2cn(C)c(=O)c(Nc3ccc(CCN(CC)CC)cc3)n2)c1C. The van der Waals surface area contributed by atoms with E-state index in [2.05, 4.69) is 48.4 Å². The predicted molar refractivity (Wildman–Crippen MR) is 174 cm³/mol. The lowest BCUT2D eigenvalue weighted by atomic mass is 10.0. The van der Waals surface area contributed by atoms with Crippen LogP contribution < -0.4 is 16.2 Å².